The lowest BCUT2D eigenvalue weighted by Crippen LogP contribution is -2.02. The van der Waals surface area contributed by atoms with Crippen molar-refractivity contribution in [2.24, 2.45) is 0 Å². The predicted molar refractivity (Wildman–Crippen MR) is 112 cm³/mol. The van der Waals surface area contributed by atoms with Gasteiger partial charge in [0.25, 0.3) is 0 Å². The van der Waals surface area contributed by atoms with E-state index in [0.29, 0.717) is 5.92 Å². The number of benzene rings is 2. The van der Waals surface area contributed by atoms with Crippen molar-refractivity contribution in [3.05, 3.63) is 58.3 Å². The van der Waals surface area contributed by atoms with Crippen LogP contribution in [0.15, 0.2) is 47.3 Å². The van der Waals surface area contributed by atoms with Crippen LogP contribution in [0, 0.1) is 0 Å². The van der Waals surface area contributed by atoms with Crippen molar-refractivity contribution in [3.8, 4) is 0 Å². The van der Waals surface area contributed by atoms with Crippen LogP contribution >= 0.6 is 11.3 Å². The molecule has 0 atom stereocenters. The van der Waals surface area contributed by atoms with Crippen molar-refractivity contribution < 1.29 is 0 Å². The largest absolute Gasteiger partial charge is 0.289 e. The second-order valence-electron chi connectivity index (χ2n) is 7.28. The van der Waals surface area contributed by atoms with Crippen LogP contribution in [0.25, 0.3) is 20.2 Å². The minimum atomic E-state index is 0.154. The molecule has 1 saturated carbocycles. The highest BCUT2D eigenvalue weighted by molar-refractivity contribution is 7.24. The summed E-state index contributed by atoms with van der Waals surface area (Å²) in [5, 5.41) is 1.68. The van der Waals surface area contributed by atoms with Crippen molar-refractivity contribution in [3.63, 3.8) is 0 Å². The summed E-state index contributed by atoms with van der Waals surface area (Å²) in [6.07, 6.45) is 10.5. The van der Waals surface area contributed by atoms with Crippen LogP contribution in [-0.4, -0.2) is 0 Å². The molecule has 0 saturated heterocycles. The lowest BCUT2D eigenvalue weighted by Gasteiger charge is -2.09. The van der Waals surface area contributed by atoms with Crippen LogP contribution in [-0.2, 0) is 0 Å². The van der Waals surface area contributed by atoms with Crippen LogP contribution in [0.3, 0.4) is 0 Å². The highest BCUT2D eigenvalue weighted by Crippen LogP contribution is 2.30. The molecule has 0 radical (unpaired) electrons. The number of fused-ring (bicyclic) bond motifs is 2. The Labute approximate surface area is 154 Å². The Morgan fingerprint density at radius 3 is 1.92 bits per heavy atom. The Bertz CT molecular complexity index is 872. The maximum atomic E-state index is 12.5. The average Bonchev–Trinajstić information content (AvgIpc) is 2.95. The molecule has 0 N–H and O–H groups in total. The summed E-state index contributed by atoms with van der Waals surface area (Å²) in [7, 11) is 0. The van der Waals surface area contributed by atoms with E-state index in [1.54, 1.807) is 11.3 Å². The number of hydrogen-bond acceptors (Lipinski definition) is 2. The van der Waals surface area contributed by atoms with E-state index in [-0.39, 0.29) is 5.43 Å². The molecule has 1 aliphatic carbocycles. The van der Waals surface area contributed by atoms with Crippen LogP contribution in [0.2, 0.25) is 0 Å². The molecule has 2 heteroatoms. The summed E-state index contributed by atoms with van der Waals surface area (Å²) in [4.78, 5) is 12.5. The van der Waals surface area contributed by atoms with Gasteiger partial charge in [0.1, 0.15) is 0 Å². The van der Waals surface area contributed by atoms with E-state index in [0.717, 1.165) is 20.2 Å². The normalized spacial score (nSPS) is 15.0. The van der Waals surface area contributed by atoms with Gasteiger partial charge in [-0.25, -0.2) is 0 Å². The van der Waals surface area contributed by atoms with Crippen LogP contribution in [0.4, 0.5) is 0 Å². The topological polar surface area (TPSA) is 17.1 Å². The second kappa shape index (κ2) is 8.62. The maximum absolute atomic E-state index is 12.5. The lowest BCUT2D eigenvalue weighted by molar-refractivity contribution is 0.702. The summed E-state index contributed by atoms with van der Waals surface area (Å²) in [6, 6.07) is 13.9. The van der Waals surface area contributed by atoms with E-state index in [4.69, 9.17) is 0 Å². The zero-order chi connectivity index (χ0) is 17.6. The first-order valence-corrected chi connectivity index (χ1v) is 10.4. The lowest BCUT2D eigenvalue weighted by atomic mass is 10.0. The Morgan fingerprint density at radius 2 is 1.32 bits per heavy atom. The van der Waals surface area contributed by atoms with Crippen molar-refractivity contribution in [2.45, 2.75) is 64.7 Å². The van der Waals surface area contributed by atoms with E-state index >= 15 is 0 Å². The molecule has 2 aromatic carbocycles. The van der Waals surface area contributed by atoms with Crippen LogP contribution in [0.1, 0.15) is 70.3 Å². The number of rotatable bonds is 1. The van der Waals surface area contributed by atoms with Gasteiger partial charge in [0.2, 0.25) is 0 Å². The van der Waals surface area contributed by atoms with Gasteiger partial charge in [0, 0.05) is 20.2 Å². The third kappa shape index (κ3) is 4.30. The fourth-order valence-electron chi connectivity index (χ4n) is 3.54. The molecule has 0 unspecified atom stereocenters. The van der Waals surface area contributed by atoms with Crippen LogP contribution < -0.4 is 5.43 Å². The second-order valence-corrected chi connectivity index (χ2v) is 8.33. The van der Waals surface area contributed by atoms with Gasteiger partial charge in [0.15, 0.2) is 5.43 Å². The molecule has 0 bridgehead atoms. The van der Waals surface area contributed by atoms with Gasteiger partial charge in [-0.05, 0) is 29.7 Å². The fraction of sp³-hybridized carbons (Fsp3) is 0.435. The van der Waals surface area contributed by atoms with E-state index < -0.39 is 0 Å². The Hall–Kier alpha value is -1.67. The molecular weight excluding hydrogens is 324 g/mol. The smallest absolute Gasteiger partial charge is 0.195 e. The first kappa shape index (κ1) is 18.1. The third-order valence-electron chi connectivity index (χ3n) is 5.01. The standard InChI is InChI=1S/C16H14OS.C7H14/c1-10(2)11-7-5-8-13-15(17)12-6-3-4-9-14(12)18-16(11)13;1-2-4-6-7-5-3-1/h3-10H,1-2H3;1-7H2. The Balaban J connectivity index is 0.000000219. The van der Waals surface area contributed by atoms with Gasteiger partial charge in [-0.1, -0.05) is 83.1 Å². The molecule has 132 valence electrons. The summed E-state index contributed by atoms with van der Waals surface area (Å²) < 4.78 is 2.21. The molecule has 0 spiro atoms. The Kier molecular flexibility index (Phi) is 6.25. The van der Waals surface area contributed by atoms with Gasteiger partial charge >= 0.3 is 0 Å². The van der Waals surface area contributed by atoms with Gasteiger partial charge < -0.3 is 0 Å². The first-order chi connectivity index (χ1) is 12.2. The van der Waals surface area contributed by atoms with Gasteiger partial charge in [-0.2, -0.15) is 0 Å². The van der Waals surface area contributed by atoms with Crippen LogP contribution in [0.5, 0.6) is 0 Å². The zero-order valence-corrected chi connectivity index (χ0v) is 16.2. The summed E-state index contributed by atoms with van der Waals surface area (Å²) in [6.45, 7) is 4.34. The monoisotopic (exact) mass is 352 g/mol. The molecule has 4 rings (SSSR count). The van der Waals surface area contributed by atoms with Crippen molar-refractivity contribution in [2.75, 3.05) is 0 Å². The molecule has 1 heterocycles. The van der Waals surface area contributed by atoms with E-state index in [1.807, 2.05) is 36.4 Å². The van der Waals surface area contributed by atoms with Crippen molar-refractivity contribution in [1.82, 2.24) is 0 Å². The molecule has 1 fully saturated rings. The Morgan fingerprint density at radius 1 is 0.760 bits per heavy atom. The SMILES string of the molecule is C1CCCCCC1.CC(C)c1cccc2c(=O)c3ccccc3sc12. The first-order valence-electron chi connectivity index (χ1n) is 9.63. The zero-order valence-electron chi connectivity index (χ0n) is 15.4. The van der Waals surface area contributed by atoms with Crippen molar-refractivity contribution >= 4 is 31.5 Å². The fourth-order valence-corrected chi connectivity index (χ4v) is 4.87. The molecule has 3 aromatic rings. The van der Waals surface area contributed by atoms with Gasteiger partial charge in [0.05, 0.1) is 0 Å². The maximum Gasteiger partial charge on any atom is 0.195 e. The minimum Gasteiger partial charge on any atom is -0.289 e. The summed E-state index contributed by atoms with van der Waals surface area (Å²) in [5.74, 6) is 0.436. The molecule has 0 aliphatic heterocycles. The third-order valence-corrected chi connectivity index (χ3v) is 6.24. The quantitative estimate of drug-likeness (QED) is 0.332. The summed E-state index contributed by atoms with van der Waals surface area (Å²) >= 11 is 1.72. The highest BCUT2D eigenvalue weighted by Gasteiger charge is 2.10. The summed E-state index contributed by atoms with van der Waals surface area (Å²) in [5.41, 5.74) is 1.42. The van der Waals surface area contributed by atoms with Crippen molar-refractivity contribution in [1.29, 1.82) is 0 Å². The van der Waals surface area contributed by atoms with Gasteiger partial charge in [-0.15, -0.1) is 11.3 Å². The molecule has 25 heavy (non-hydrogen) atoms. The highest BCUT2D eigenvalue weighted by atomic mass is 32.1. The molecule has 1 aromatic heterocycles. The van der Waals surface area contributed by atoms with E-state index in [9.17, 15) is 4.79 Å². The average molecular weight is 353 g/mol. The predicted octanol–water partition coefficient (Wildman–Crippen LogP) is 7.27. The number of hydrogen-bond donors (Lipinski definition) is 0. The molecule has 1 aliphatic rings. The minimum absolute atomic E-state index is 0.154. The van der Waals surface area contributed by atoms with E-state index in [2.05, 4.69) is 19.9 Å². The van der Waals surface area contributed by atoms with Gasteiger partial charge in [-0.3, -0.25) is 4.79 Å². The molecule has 0 amide bonds. The molecule has 1 nitrogen and oxygen atoms in total. The van der Waals surface area contributed by atoms with E-state index in [1.165, 1.54) is 50.5 Å². The molecular formula is C23H28OS.